The monoisotopic (exact) mass is 334 g/mol. The second-order valence-electron chi connectivity index (χ2n) is 5.58. The number of Topliss-reactive ketones (excluding diaryl/α,β-unsaturated/α-hetero) is 1. The standard InChI is InChI=1S/C20H14O5/c21-17(11-12-5-2-1-3-6-12)13-9-10-16(20(24)25)18-14(13)7-4-8-15(18)19(22)23/h1-10H,11H2,(H,22,23)(H,24,25). The fraction of sp³-hybridized carbons (Fsp3) is 0.0500. The van der Waals surface area contributed by atoms with Crippen molar-refractivity contribution in [1.82, 2.24) is 0 Å². The van der Waals surface area contributed by atoms with Crippen molar-refractivity contribution in [3.8, 4) is 0 Å². The van der Waals surface area contributed by atoms with Crippen molar-refractivity contribution in [3.63, 3.8) is 0 Å². The molecule has 0 aliphatic rings. The third-order valence-electron chi connectivity index (χ3n) is 4.01. The molecular weight excluding hydrogens is 320 g/mol. The summed E-state index contributed by atoms with van der Waals surface area (Å²) in [6, 6.07) is 16.3. The van der Waals surface area contributed by atoms with Crippen molar-refractivity contribution < 1.29 is 24.6 Å². The predicted octanol–water partition coefficient (Wildman–Crippen LogP) is 3.66. The lowest BCUT2D eigenvalue weighted by Crippen LogP contribution is -2.09. The Bertz CT molecular complexity index is 969. The topological polar surface area (TPSA) is 91.7 Å². The fourth-order valence-corrected chi connectivity index (χ4v) is 2.88. The number of hydrogen-bond acceptors (Lipinski definition) is 3. The van der Waals surface area contributed by atoms with Crippen LogP contribution in [0.4, 0.5) is 0 Å². The molecule has 0 spiro atoms. The molecule has 2 N–H and O–H groups in total. The van der Waals surface area contributed by atoms with Crippen molar-refractivity contribution in [3.05, 3.63) is 82.9 Å². The van der Waals surface area contributed by atoms with Crippen LogP contribution in [0, 0.1) is 0 Å². The normalized spacial score (nSPS) is 10.6. The van der Waals surface area contributed by atoms with Gasteiger partial charge >= 0.3 is 11.9 Å². The highest BCUT2D eigenvalue weighted by molar-refractivity contribution is 6.18. The van der Waals surface area contributed by atoms with E-state index >= 15 is 0 Å². The van der Waals surface area contributed by atoms with Gasteiger partial charge in [0.1, 0.15) is 0 Å². The van der Waals surface area contributed by atoms with E-state index in [0.717, 1.165) is 5.56 Å². The van der Waals surface area contributed by atoms with E-state index in [9.17, 15) is 24.6 Å². The summed E-state index contributed by atoms with van der Waals surface area (Å²) in [6.45, 7) is 0. The zero-order valence-electron chi connectivity index (χ0n) is 13.1. The number of aromatic carboxylic acids is 2. The maximum atomic E-state index is 12.7. The molecule has 0 aliphatic heterocycles. The quantitative estimate of drug-likeness (QED) is 0.695. The number of carboxylic acid groups (broad SMARTS) is 2. The molecule has 0 saturated carbocycles. The molecule has 3 aromatic rings. The largest absolute Gasteiger partial charge is 0.478 e. The number of carbonyl (C=O) groups excluding carboxylic acids is 1. The second kappa shape index (κ2) is 6.57. The Hall–Kier alpha value is -3.47. The van der Waals surface area contributed by atoms with Crippen molar-refractivity contribution >= 4 is 28.5 Å². The van der Waals surface area contributed by atoms with E-state index in [1.165, 1.54) is 24.3 Å². The van der Waals surface area contributed by atoms with Gasteiger partial charge in [0.2, 0.25) is 0 Å². The second-order valence-corrected chi connectivity index (χ2v) is 5.58. The first kappa shape index (κ1) is 16.4. The summed E-state index contributed by atoms with van der Waals surface area (Å²) in [5, 5.41) is 19.2. The third-order valence-corrected chi connectivity index (χ3v) is 4.01. The van der Waals surface area contributed by atoms with Gasteiger partial charge in [0, 0.05) is 17.4 Å². The summed E-state index contributed by atoms with van der Waals surface area (Å²) in [6.07, 6.45) is 0.152. The minimum Gasteiger partial charge on any atom is -0.478 e. The molecule has 3 aromatic carbocycles. The van der Waals surface area contributed by atoms with Crippen LogP contribution in [0.2, 0.25) is 0 Å². The summed E-state index contributed by atoms with van der Waals surface area (Å²) in [5.74, 6) is -2.67. The number of fused-ring (bicyclic) bond motifs is 1. The van der Waals surface area contributed by atoms with Gasteiger partial charge in [-0.3, -0.25) is 4.79 Å². The van der Waals surface area contributed by atoms with Crippen LogP contribution in [-0.4, -0.2) is 27.9 Å². The molecule has 0 fully saturated rings. The van der Waals surface area contributed by atoms with Crippen LogP contribution in [0.1, 0.15) is 36.6 Å². The molecular formula is C20H14O5. The van der Waals surface area contributed by atoms with E-state index in [-0.39, 0.29) is 28.7 Å². The van der Waals surface area contributed by atoms with Crippen LogP contribution in [0.5, 0.6) is 0 Å². The lowest BCUT2D eigenvalue weighted by Gasteiger charge is -2.11. The summed E-state index contributed by atoms with van der Waals surface area (Å²) in [5.41, 5.74) is 0.873. The van der Waals surface area contributed by atoms with Crippen LogP contribution in [0.15, 0.2) is 60.7 Å². The molecule has 25 heavy (non-hydrogen) atoms. The number of rotatable bonds is 5. The summed E-state index contributed by atoms with van der Waals surface area (Å²) < 4.78 is 0. The highest BCUT2D eigenvalue weighted by atomic mass is 16.4. The first-order valence-corrected chi connectivity index (χ1v) is 7.58. The SMILES string of the molecule is O=C(Cc1ccccc1)c1ccc(C(=O)O)c2c(C(=O)O)cccc12. The molecule has 0 heterocycles. The molecule has 0 atom stereocenters. The van der Waals surface area contributed by atoms with Gasteiger partial charge in [-0.15, -0.1) is 0 Å². The Balaban J connectivity index is 2.19. The Morgan fingerprint density at radius 2 is 1.28 bits per heavy atom. The van der Waals surface area contributed by atoms with E-state index in [1.54, 1.807) is 6.07 Å². The predicted molar refractivity (Wildman–Crippen MR) is 92.3 cm³/mol. The van der Waals surface area contributed by atoms with E-state index in [1.807, 2.05) is 30.3 Å². The summed E-state index contributed by atoms with van der Waals surface area (Å²) in [7, 11) is 0. The Morgan fingerprint density at radius 3 is 1.92 bits per heavy atom. The molecule has 0 aliphatic carbocycles. The highest BCUT2D eigenvalue weighted by Crippen LogP contribution is 2.28. The Labute approximate surface area is 143 Å². The molecule has 5 nitrogen and oxygen atoms in total. The van der Waals surface area contributed by atoms with Crippen LogP contribution < -0.4 is 0 Å². The van der Waals surface area contributed by atoms with E-state index in [2.05, 4.69) is 0 Å². The van der Waals surface area contributed by atoms with Crippen molar-refractivity contribution in [2.24, 2.45) is 0 Å². The maximum Gasteiger partial charge on any atom is 0.336 e. The molecule has 3 rings (SSSR count). The molecule has 0 unspecified atom stereocenters. The summed E-state index contributed by atoms with van der Waals surface area (Å²) in [4.78, 5) is 35.7. The van der Waals surface area contributed by atoms with E-state index in [4.69, 9.17) is 0 Å². The van der Waals surface area contributed by atoms with Crippen molar-refractivity contribution in [2.75, 3.05) is 0 Å². The molecule has 124 valence electrons. The lowest BCUT2D eigenvalue weighted by molar-refractivity contribution is 0.0695. The number of carbonyl (C=O) groups is 3. The molecule has 5 heteroatoms. The van der Waals surface area contributed by atoms with Crippen molar-refractivity contribution in [1.29, 1.82) is 0 Å². The maximum absolute atomic E-state index is 12.7. The first-order chi connectivity index (χ1) is 12.0. The first-order valence-electron chi connectivity index (χ1n) is 7.58. The molecule has 0 radical (unpaired) electrons. The zero-order chi connectivity index (χ0) is 18.0. The number of ketones is 1. The van der Waals surface area contributed by atoms with Crippen LogP contribution in [-0.2, 0) is 6.42 Å². The minimum atomic E-state index is -1.24. The van der Waals surface area contributed by atoms with Gasteiger partial charge in [0.05, 0.1) is 11.1 Å². The molecule has 0 aromatic heterocycles. The molecule has 0 saturated heterocycles. The Morgan fingerprint density at radius 1 is 0.680 bits per heavy atom. The lowest BCUT2D eigenvalue weighted by atomic mass is 9.92. The zero-order valence-corrected chi connectivity index (χ0v) is 13.1. The fourth-order valence-electron chi connectivity index (χ4n) is 2.88. The molecule has 0 bridgehead atoms. The van der Waals surface area contributed by atoms with Gasteiger partial charge in [-0.1, -0.05) is 42.5 Å². The smallest absolute Gasteiger partial charge is 0.336 e. The van der Waals surface area contributed by atoms with E-state index in [0.29, 0.717) is 10.9 Å². The number of carboxylic acids is 2. The van der Waals surface area contributed by atoms with Gasteiger partial charge in [-0.25, -0.2) is 9.59 Å². The van der Waals surface area contributed by atoms with Gasteiger partial charge in [0.15, 0.2) is 5.78 Å². The average molecular weight is 334 g/mol. The van der Waals surface area contributed by atoms with E-state index < -0.39 is 11.9 Å². The van der Waals surface area contributed by atoms with Gasteiger partial charge < -0.3 is 10.2 Å². The highest BCUT2D eigenvalue weighted by Gasteiger charge is 2.20. The number of hydrogen-bond donors (Lipinski definition) is 2. The van der Waals surface area contributed by atoms with Crippen LogP contribution in [0.3, 0.4) is 0 Å². The summed E-state index contributed by atoms with van der Waals surface area (Å²) >= 11 is 0. The van der Waals surface area contributed by atoms with Gasteiger partial charge in [0.25, 0.3) is 0 Å². The van der Waals surface area contributed by atoms with Gasteiger partial charge in [-0.2, -0.15) is 0 Å². The third kappa shape index (κ3) is 3.12. The Kier molecular flexibility index (Phi) is 4.31. The van der Waals surface area contributed by atoms with Crippen LogP contribution >= 0.6 is 0 Å². The van der Waals surface area contributed by atoms with Gasteiger partial charge in [-0.05, 0) is 29.1 Å². The average Bonchev–Trinajstić information content (AvgIpc) is 2.60. The minimum absolute atomic E-state index is 0.0708. The number of benzene rings is 3. The van der Waals surface area contributed by atoms with Crippen LogP contribution in [0.25, 0.3) is 10.8 Å². The van der Waals surface area contributed by atoms with Crippen molar-refractivity contribution in [2.45, 2.75) is 6.42 Å². The molecule has 0 amide bonds.